The zero-order valence-electron chi connectivity index (χ0n) is 16.3. The van der Waals surface area contributed by atoms with Crippen LogP contribution in [0.3, 0.4) is 0 Å². The molecule has 1 heterocycles. The van der Waals surface area contributed by atoms with Gasteiger partial charge in [-0.3, -0.25) is 19.3 Å². The normalized spacial score (nSPS) is 19.0. The molecule has 0 radical (unpaired) electrons. The lowest BCUT2D eigenvalue weighted by Gasteiger charge is -2.29. The molecule has 1 aliphatic heterocycles. The lowest BCUT2D eigenvalue weighted by Crippen LogP contribution is -2.40. The van der Waals surface area contributed by atoms with Crippen molar-refractivity contribution < 1.29 is 14.4 Å². The average molecular weight is 388 g/mol. The Kier molecular flexibility index (Phi) is 4.46. The molecule has 0 N–H and O–H groups in total. The van der Waals surface area contributed by atoms with Gasteiger partial charge in [0.1, 0.15) is 0 Å². The molecule has 2 aromatic rings. The summed E-state index contributed by atoms with van der Waals surface area (Å²) in [6, 6.07) is 15.0. The Balaban J connectivity index is 1.37. The molecule has 5 heteroatoms. The molecule has 29 heavy (non-hydrogen) atoms. The predicted molar refractivity (Wildman–Crippen MR) is 109 cm³/mol. The summed E-state index contributed by atoms with van der Waals surface area (Å²) < 4.78 is 0. The Labute approximate surface area is 170 Å². The maximum absolute atomic E-state index is 13.3. The van der Waals surface area contributed by atoms with Crippen molar-refractivity contribution >= 4 is 17.7 Å². The Morgan fingerprint density at radius 1 is 0.862 bits per heavy atom. The SMILES string of the molecule is O=C1c2ccccc2C(=O)N1Cc1cccc(C(=O)N(C2CCCC2)C2CC2)c1. The van der Waals surface area contributed by atoms with Gasteiger partial charge in [-0.05, 0) is 55.5 Å². The first-order chi connectivity index (χ1) is 14.1. The van der Waals surface area contributed by atoms with E-state index in [1.807, 2.05) is 24.3 Å². The van der Waals surface area contributed by atoms with E-state index in [0.717, 1.165) is 31.2 Å². The van der Waals surface area contributed by atoms with Crippen LogP contribution in [0.15, 0.2) is 48.5 Å². The van der Waals surface area contributed by atoms with Crippen LogP contribution in [0.25, 0.3) is 0 Å². The molecule has 3 aliphatic rings. The molecule has 5 nitrogen and oxygen atoms in total. The molecule has 0 unspecified atom stereocenters. The largest absolute Gasteiger partial charge is 0.333 e. The highest BCUT2D eigenvalue weighted by Crippen LogP contribution is 2.35. The second kappa shape index (κ2) is 7.14. The fourth-order valence-corrected chi connectivity index (χ4v) is 4.68. The lowest BCUT2D eigenvalue weighted by atomic mass is 10.1. The van der Waals surface area contributed by atoms with Crippen molar-refractivity contribution in [3.8, 4) is 0 Å². The topological polar surface area (TPSA) is 57.7 Å². The molecule has 2 aliphatic carbocycles. The summed E-state index contributed by atoms with van der Waals surface area (Å²) in [5, 5.41) is 0. The van der Waals surface area contributed by atoms with Gasteiger partial charge in [-0.1, -0.05) is 37.1 Å². The predicted octanol–water partition coefficient (Wildman–Crippen LogP) is 4.03. The van der Waals surface area contributed by atoms with Gasteiger partial charge >= 0.3 is 0 Å². The van der Waals surface area contributed by atoms with Gasteiger partial charge in [0.25, 0.3) is 17.7 Å². The highest BCUT2D eigenvalue weighted by atomic mass is 16.2. The molecule has 0 aromatic heterocycles. The second-order valence-corrected chi connectivity index (χ2v) is 8.32. The van der Waals surface area contributed by atoms with E-state index in [9.17, 15) is 14.4 Å². The van der Waals surface area contributed by atoms with Crippen molar-refractivity contribution in [1.82, 2.24) is 9.80 Å². The highest BCUT2D eigenvalue weighted by molar-refractivity contribution is 6.21. The summed E-state index contributed by atoms with van der Waals surface area (Å²) in [7, 11) is 0. The molecule has 148 valence electrons. The van der Waals surface area contributed by atoms with Crippen molar-refractivity contribution in [3.05, 3.63) is 70.8 Å². The molecule has 0 saturated heterocycles. The first kappa shape index (κ1) is 18.1. The zero-order valence-corrected chi connectivity index (χ0v) is 16.3. The summed E-state index contributed by atoms with van der Waals surface area (Å²) >= 11 is 0. The quantitative estimate of drug-likeness (QED) is 0.727. The van der Waals surface area contributed by atoms with E-state index >= 15 is 0 Å². The van der Waals surface area contributed by atoms with Crippen LogP contribution < -0.4 is 0 Å². The number of fused-ring (bicyclic) bond motifs is 1. The molecule has 2 aromatic carbocycles. The van der Waals surface area contributed by atoms with Crippen molar-refractivity contribution in [2.24, 2.45) is 0 Å². The molecule has 2 saturated carbocycles. The van der Waals surface area contributed by atoms with E-state index in [4.69, 9.17) is 0 Å². The van der Waals surface area contributed by atoms with Gasteiger partial charge in [-0.25, -0.2) is 0 Å². The van der Waals surface area contributed by atoms with Crippen molar-refractivity contribution in [2.45, 2.75) is 57.2 Å². The molecule has 2 fully saturated rings. The van der Waals surface area contributed by atoms with Crippen LogP contribution in [0.5, 0.6) is 0 Å². The van der Waals surface area contributed by atoms with Crippen molar-refractivity contribution in [2.75, 3.05) is 0 Å². The number of rotatable bonds is 5. The van der Waals surface area contributed by atoms with Gasteiger partial charge < -0.3 is 4.90 Å². The van der Waals surface area contributed by atoms with E-state index in [1.54, 1.807) is 24.3 Å². The number of imide groups is 1. The van der Waals surface area contributed by atoms with Crippen LogP contribution in [0, 0.1) is 0 Å². The van der Waals surface area contributed by atoms with E-state index in [1.165, 1.54) is 17.7 Å². The minimum absolute atomic E-state index is 0.0867. The third-order valence-corrected chi connectivity index (χ3v) is 6.29. The molecule has 0 atom stereocenters. The van der Waals surface area contributed by atoms with Crippen molar-refractivity contribution in [3.63, 3.8) is 0 Å². The summed E-state index contributed by atoms with van der Waals surface area (Å²) in [5.41, 5.74) is 2.35. The number of hydrogen-bond donors (Lipinski definition) is 0. The first-order valence-corrected chi connectivity index (χ1v) is 10.5. The molecular weight excluding hydrogens is 364 g/mol. The van der Waals surface area contributed by atoms with Gasteiger partial charge in [0.2, 0.25) is 0 Å². The average Bonchev–Trinajstić information content (AvgIpc) is 3.38. The van der Waals surface area contributed by atoms with Crippen LogP contribution in [0.4, 0.5) is 0 Å². The van der Waals surface area contributed by atoms with Gasteiger partial charge in [-0.15, -0.1) is 0 Å². The number of amides is 3. The fraction of sp³-hybridized carbons (Fsp3) is 0.375. The fourth-order valence-electron chi connectivity index (χ4n) is 4.68. The summed E-state index contributed by atoms with van der Waals surface area (Å²) in [5.74, 6) is -0.454. The van der Waals surface area contributed by atoms with E-state index in [0.29, 0.717) is 28.8 Å². The monoisotopic (exact) mass is 388 g/mol. The van der Waals surface area contributed by atoms with Gasteiger partial charge in [0.05, 0.1) is 17.7 Å². The standard InChI is InChI=1S/C24H24N2O3/c27-22(26(19-12-13-19)18-8-1-2-9-18)17-7-5-6-16(14-17)15-25-23(28)20-10-3-4-11-21(20)24(25)29/h3-7,10-11,14,18-19H,1-2,8-9,12-13,15H2. The lowest BCUT2D eigenvalue weighted by molar-refractivity contribution is 0.0641. The molecule has 3 amide bonds. The zero-order chi connectivity index (χ0) is 20.0. The molecular formula is C24H24N2O3. The smallest absolute Gasteiger partial charge is 0.261 e. The van der Waals surface area contributed by atoms with Crippen LogP contribution in [0.2, 0.25) is 0 Å². The maximum Gasteiger partial charge on any atom is 0.261 e. The summed E-state index contributed by atoms with van der Waals surface area (Å²) in [6.45, 7) is 0.181. The molecule has 0 spiro atoms. The molecule has 5 rings (SSSR count). The third kappa shape index (κ3) is 3.24. The number of carbonyl (C=O) groups is 3. The highest BCUT2D eigenvalue weighted by Gasteiger charge is 2.39. The minimum atomic E-state index is -0.270. The molecule has 0 bridgehead atoms. The van der Waals surface area contributed by atoms with Crippen LogP contribution in [-0.4, -0.2) is 39.6 Å². The van der Waals surface area contributed by atoms with Crippen molar-refractivity contribution in [1.29, 1.82) is 0 Å². The second-order valence-electron chi connectivity index (χ2n) is 8.32. The number of carbonyl (C=O) groups excluding carboxylic acids is 3. The third-order valence-electron chi connectivity index (χ3n) is 6.29. The van der Waals surface area contributed by atoms with E-state index in [2.05, 4.69) is 4.90 Å². The van der Waals surface area contributed by atoms with E-state index in [-0.39, 0.29) is 24.3 Å². The van der Waals surface area contributed by atoms with Gasteiger partial charge in [0, 0.05) is 17.6 Å². The Morgan fingerprint density at radius 3 is 2.10 bits per heavy atom. The van der Waals surface area contributed by atoms with Crippen LogP contribution in [0.1, 0.15) is 75.2 Å². The number of benzene rings is 2. The van der Waals surface area contributed by atoms with Gasteiger partial charge in [0.15, 0.2) is 0 Å². The number of hydrogen-bond acceptors (Lipinski definition) is 3. The summed E-state index contributed by atoms with van der Waals surface area (Å²) in [4.78, 5) is 41.9. The van der Waals surface area contributed by atoms with Crippen LogP contribution >= 0.6 is 0 Å². The summed E-state index contributed by atoms with van der Waals surface area (Å²) in [6.07, 6.45) is 6.77. The first-order valence-electron chi connectivity index (χ1n) is 10.5. The van der Waals surface area contributed by atoms with Gasteiger partial charge in [-0.2, -0.15) is 0 Å². The Bertz CT molecular complexity index is 954. The Morgan fingerprint density at radius 2 is 1.48 bits per heavy atom. The minimum Gasteiger partial charge on any atom is -0.333 e. The maximum atomic E-state index is 13.3. The van der Waals surface area contributed by atoms with Crippen LogP contribution in [-0.2, 0) is 6.54 Å². The number of nitrogens with zero attached hydrogens (tertiary/aromatic N) is 2. The van der Waals surface area contributed by atoms with E-state index < -0.39 is 0 Å². The Hall–Kier alpha value is -2.95.